The van der Waals surface area contributed by atoms with E-state index in [9.17, 15) is 13.6 Å². The summed E-state index contributed by atoms with van der Waals surface area (Å²) >= 11 is 7.25. The summed E-state index contributed by atoms with van der Waals surface area (Å²) in [5.74, 6) is -0.918. The number of hydrogen-bond acceptors (Lipinski definition) is 5. The van der Waals surface area contributed by atoms with Crippen LogP contribution in [-0.2, 0) is 11.3 Å². The molecule has 1 N–H and O–H groups in total. The minimum atomic E-state index is -0.720. The largest absolute Gasteiger partial charge is 0.481 e. The predicted octanol–water partition coefficient (Wildman–Crippen LogP) is 5.27. The van der Waals surface area contributed by atoms with Gasteiger partial charge in [-0.1, -0.05) is 41.6 Å². The number of carbonyl (C=O) groups excluding carboxylic acids is 1. The second-order valence-electron chi connectivity index (χ2n) is 6.39. The summed E-state index contributed by atoms with van der Waals surface area (Å²) in [6.07, 6.45) is 1.19. The summed E-state index contributed by atoms with van der Waals surface area (Å²) in [5, 5.41) is 11.6. The molecule has 0 bridgehead atoms. The number of amides is 1. The average molecular weight is 465 g/mol. The molecule has 1 heterocycles. The van der Waals surface area contributed by atoms with Crippen molar-refractivity contribution in [2.75, 3.05) is 11.1 Å². The van der Waals surface area contributed by atoms with E-state index in [1.54, 1.807) is 35.8 Å². The number of aromatic nitrogens is 3. The van der Waals surface area contributed by atoms with Crippen molar-refractivity contribution in [3.63, 3.8) is 0 Å². The van der Waals surface area contributed by atoms with Gasteiger partial charge in [0.1, 0.15) is 17.4 Å². The van der Waals surface area contributed by atoms with Crippen LogP contribution in [0.25, 0.3) is 0 Å². The van der Waals surface area contributed by atoms with Gasteiger partial charge in [0.25, 0.3) is 0 Å². The van der Waals surface area contributed by atoms with Crippen molar-refractivity contribution < 1.29 is 18.3 Å². The van der Waals surface area contributed by atoms with Gasteiger partial charge in [-0.15, -0.1) is 16.8 Å². The van der Waals surface area contributed by atoms with Gasteiger partial charge in [-0.3, -0.25) is 9.36 Å². The minimum absolute atomic E-state index is 0.0784. The van der Waals surface area contributed by atoms with Gasteiger partial charge in [-0.2, -0.15) is 0 Å². The molecule has 162 valence electrons. The number of nitrogens with one attached hydrogen (secondary N) is 1. The molecule has 2 aromatic carbocycles. The molecular formula is C21H19ClF2N4O2S. The zero-order chi connectivity index (χ0) is 22.4. The molecule has 0 spiro atoms. The smallest absolute Gasteiger partial charge is 0.234 e. The molecule has 0 saturated heterocycles. The number of nitrogens with zero attached hydrogens (tertiary/aromatic N) is 3. The fraction of sp³-hybridized carbons (Fsp3) is 0.190. The lowest BCUT2D eigenvalue weighted by molar-refractivity contribution is -0.113. The molecule has 0 aliphatic rings. The van der Waals surface area contributed by atoms with Gasteiger partial charge in [0.05, 0.1) is 16.5 Å². The lowest BCUT2D eigenvalue weighted by atomic mass is 10.3. The molecule has 0 saturated carbocycles. The maximum atomic E-state index is 13.7. The zero-order valence-corrected chi connectivity index (χ0v) is 18.1. The highest BCUT2D eigenvalue weighted by Gasteiger charge is 2.20. The number of thioether (sulfide) groups is 1. The molecular weight excluding hydrogens is 446 g/mol. The summed E-state index contributed by atoms with van der Waals surface area (Å²) in [6, 6.07) is 9.93. The minimum Gasteiger partial charge on any atom is -0.481 e. The SMILES string of the molecule is C=CCn1c(SCC(=O)Nc2cc(F)ccc2F)nnc1C(C)Oc1ccccc1Cl. The van der Waals surface area contributed by atoms with E-state index >= 15 is 0 Å². The number of carbonyl (C=O) groups is 1. The molecule has 1 unspecified atom stereocenters. The number of allylic oxidation sites excluding steroid dienone is 1. The molecule has 0 fully saturated rings. The third-order valence-electron chi connectivity index (χ3n) is 4.10. The monoisotopic (exact) mass is 464 g/mol. The quantitative estimate of drug-likeness (QED) is 0.345. The summed E-state index contributed by atoms with van der Waals surface area (Å²) < 4.78 is 34.6. The maximum Gasteiger partial charge on any atom is 0.234 e. The number of anilines is 1. The number of halogens is 3. The van der Waals surface area contributed by atoms with Crippen LogP contribution in [0.2, 0.25) is 5.02 Å². The lowest BCUT2D eigenvalue weighted by Gasteiger charge is -2.16. The Morgan fingerprint density at radius 3 is 2.84 bits per heavy atom. The maximum absolute atomic E-state index is 13.7. The van der Waals surface area contributed by atoms with Crippen molar-refractivity contribution in [1.82, 2.24) is 14.8 Å². The van der Waals surface area contributed by atoms with E-state index < -0.39 is 23.6 Å². The third-order valence-corrected chi connectivity index (χ3v) is 5.38. The molecule has 10 heteroatoms. The predicted molar refractivity (Wildman–Crippen MR) is 116 cm³/mol. The second kappa shape index (κ2) is 10.4. The number of rotatable bonds is 9. The average Bonchev–Trinajstić information content (AvgIpc) is 3.14. The Kier molecular flexibility index (Phi) is 7.64. The Bertz CT molecular complexity index is 1090. The summed E-state index contributed by atoms with van der Waals surface area (Å²) in [5.41, 5.74) is -0.222. The van der Waals surface area contributed by atoms with Crippen LogP contribution in [0, 0.1) is 11.6 Å². The molecule has 0 radical (unpaired) electrons. The van der Waals surface area contributed by atoms with Crippen LogP contribution in [0.3, 0.4) is 0 Å². The zero-order valence-electron chi connectivity index (χ0n) is 16.5. The van der Waals surface area contributed by atoms with Crippen LogP contribution in [-0.4, -0.2) is 26.4 Å². The first kappa shape index (κ1) is 22.8. The normalized spacial score (nSPS) is 11.7. The van der Waals surface area contributed by atoms with Crippen LogP contribution in [0.5, 0.6) is 5.75 Å². The first-order chi connectivity index (χ1) is 14.9. The van der Waals surface area contributed by atoms with Gasteiger partial charge >= 0.3 is 0 Å². The molecule has 6 nitrogen and oxygen atoms in total. The highest BCUT2D eigenvalue weighted by atomic mass is 35.5. The fourth-order valence-corrected chi connectivity index (χ4v) is 3.64. The van der Waals surface area contributed by atoms with Crippen LogP contribution >= 0.6 is 23.4 Å². The van der Waals surface area contributed by atoms with Crippen molar-refractivity contribution in [1.29, 1.82) is 0 Å². The highest BCUT2D eigenvalue weighted by Crippen LogP contribution is 2.29. The van der Waals surface area contributed by atoms with E-state index in [1.165, 1.54) is 0 Å². The van der Waals surface area contributed by atoms with Crippen molar-refractivity contribution in [2.24, 2.45) is 0 Å². The molecule has 1 aromatic heterocycles. The van der Waals surface area contributed by atoms with Gasteiger partial charge in [-0.05, 0) is 31.2 Å². The highest BCUT2D eigenvalue weighted by molar-refractivity contribution is 7.99. The van der Waals surface area contributed by atoms with Crippen LogP contribution < -0.4 is 10.1 Å². The number of benzene rings is 2. The van der Waals surface area contributed by atoms with E-state index in [1.807, 2.05) is 6.07 Å². The molecule has 31 heavy (non-hydrogen) atoms. The number of ether oxygens (including phenoxy) is 1. The van der Waals surface area contributed by atoms with Crippen LogP contribution in [0.15, 0.2) is 60.3 Å². The topological polar surface area (TPSA) is 69.0 Å². The van der Waals surface area contributed by atoms with Crippen LogP contribution in [0.1, 0.15) is 18.9 Å². The molecule has 1 amide bonds. The molecule has 1 atom stereocenters. The first-order valence-corrected chi connectivity index (χ1v) is 10.6. The Hall–Kier alpha value is -2.91. The Labute approximate surface area is 187 Å². The summed E-state index contributed by atoms with van der Waals surface area (Å²) in [6.45, 7) is 5.94. The number of para-hydroxylation sites is 1. The van der Waals surface area contributed by atoms with Crippen molar-refractivity contribution in [3.05, 3.63) is 77.6 Å². The second-order valence-corrected chi connectivity index (χ2v) is 7.74. The van der Waals surface area contributed by atoms with E-state index in [-0.39, 0.29) is 11.4 Å². The molecule has 3 aromatic rings. The Morgan fingerprint density at radius 1 is 1.32 bits per heavy atom. The standard InChI is InChI=1S/C21H19ClF2N4O2S/c1-3-10-28-20(13(2)30-18-7-5-4-6-15(18)22)26-27-21(28)31-12-19(29)25-17-11-14(23)8-9-16(17)24/h3-9,11,13H,1,10,12H2,2H3,(H,25,29). The van der Waals surface area contributed by atoms with Crippen molar-refractivity contribution in [3.8, 4) is 5.75 Å². The van der Waals surface area contributed by atoms with Gasteiger partial charge in [0, 0.05) is 12.6 Å². The summed E-state index contributed by atoms with van der Waals surface area (Å²) in [7, 11) is 0. The van der Waals surface area contributed by atoms with E-state index in [4.69, 9.17) is 16.3 Å². The molecule has 0 aliphatic carbocycles. The van der Waals surface area contributed by atoms with Gasteiger partial charge in [0.2, 0.25) is 5.91 Å². The van der Waals surface area contributed by atoms with Gasteiger partial charge < -0.3 is 10.1 Å². The van der Waals surface area contributed by atoms with Crippen molar-refractivity contribution >= 4 is 35.0 Å². The molecule has 0 aliphatic heterocycles. The Morgan fingerprint density at radius 2 is 2.10 bits per heavy atom. The van der Waals surface area contributed by atoms with E-state index in [2.05, 4.69) is 22.1 Å². The molecule has 3 rings (SSSR count). The van der Waals surface area contributed by atoms with Gasteiger partial charge in [-0.25, -0.2) is 8.78 Å². The fourth-order valence-electron chi connectivity index (χ4n) is 2.70. The lowest BCUT2D eigenvalue weighted by Crippen LogP contribution is -2.16. The van der Waals surface area contributed by atoms with Crippen LogP contribution in [0.4, 0.5) is 14.5 Å². The van der Waals surface area contributed by atoms with Crippen molar-refractivity contribution in [2.45, 2.75) is 24.7 Å². The van der Waals surface area contributed by atoms with E-state index in [0.29, 0.717) is 28.3 Å². The number of hydrogen-bond donors (Lipinski definition) is 1. The third kappa shape index (κ3) is 5.83. The first-order valence-electron chi connectivity index (χ1n) is 9.22. The Balaban J connectivity index is 1.69. The van der Waals surface area contributed by atoms with Gasteiger partial charge in [0.15, 0.2) is 17.1 Å². The summed E-state index contributed by atoms with van der Waals surface area (Å²) in [4.78, 5) is 12.2. The van der Waals surface area contributed by atoms with E-state index in [0.717, 1.165) is 30.0 Å².